The zero-order valence-electron chi connectivity index (χ0n) is 10.8. The number of aromatic nitrogens is 3. The van der Waals surface area contributed by atoms with Gasteiger partial charge < -0.3 is 10.1 Å². The van der Waals surface area contributed by atoms with Gasteiger partial charge in [0, 0.05) is 18.9 Å². The van der Waals surface area contributed by atoms with Gasteiger partial charge in [0.15, 0.2) is 0 Å². The summed E-state index contributed by atoms with van der Waals surface area (Å²) in [6.07, 6.45) is -1.80. The SMILES string of the molecule is NCc1c(-c2ccccn2)nc2ccc(C(F)(F)F)cn12. The second kappa shape index (κ2) is 4.85. The van der Waals surface area contributed by atoms with Gasteiger partial charge in [-0.1, -0.05) is 6.07 Å². The first kappa shape index (κ1) is 13.6. The average molecular weight is 292 g/mol. The zero-order valence-corrected chi connectivity index (χ0v) is 10.8. The maximum absolute atomic E-state index is 12.8. The number of nitrogens with two attached hydrogens (primary N) is 1. The van der Waals surface area contributed by atoms with E-state index >= 15 is 0 Å². The van der Waals surface area contributed by atoms with Crippen LogP contribution < -0.4 is 5.73 Å². The molecule has 0 saturated heterocycles. The highest BCUT2D eigenvalue weighted by molar-refractivity contribution is 5.63. The van der Waals surface area contributed by atoms with Crippen molar-refractivity contribution in [3.63, 3.8) is 0 Å². The van der Waals surface area contributed by atoms with Gasteiger partial charge in [0.25, 0.3) is 0 Å². The molecule has 108 valence electrons. The lowest BCUT2D eigenvalue weighted by Crippen LogP contribution is -2.08. The van der Waals surface area contributed by atoms with Crippen molar-refractivity contribution in [2.45, 2.75) is 12.7 Å². The number of rotatable bonds is 2. The molecular formula is C14H11F3N4. The molecule has 0 amide bonds. The minimum absolute atomic E-state index is 0.0639. The Balaban J connectivity index is 2.24. The van der Waals surface area contributed by atoms with Crippen molar-refractivity contribution in [2.75, 3.05) is 0 Å². The van der Waals surface area contributed by atoms with Gasteiger partial charge >= 0.3 is 6.18 Å². The molecule has 3 heterocycles. The van der Waals surface area contributed by atoms with Crippen LogP contribution in [0.15, 0.2) is 42.7 Å². The van der Waals surface area contributed by atoms with Gasteiger partial charge in [-0.15, -0.1) is 0 Å². The molecule has 0 atom stereocenters. The lowest BCUT2D eigenvalue weighted by molar-refractivity contribution is -0.137. The van der Waals surface area contributed by atoms with Crippen LogP contribution in [0.25, 0.3) is 17.0 Å². The molecule has 0 aromatic carbocycles. The van der Waals surface area contributed by atoms with Crippen LogP contribution in [0.2, 0.25) is 0 Å². The number of imidazole rings is 1. The van der Waals surface area contributed by atoms with E-state index in [2.05, 4.69) is 9.97 Å². The number of alkyl halides is 3. The molecule has 3 aromatic rings. The lowest BCUT2D eigenvalue weighted by atomic mass is 10.2. The molecule has 0 fully saturated rings. The van der Waals surface area contributed by atoms with Crippen molar-refractivity contribution in [2.24, 2.45) is 5.73 Å². The van der Waals surface area contributed by atoms with Crippen molar-refractivity contribution in [1.29, 1.82) is 0 Å². The van der Waals surface area contributed by atoms with E-state index in [-0.39, 0.29) is 6.54 Å². The van der Waals surface area contributed by atoms with Gasteiger partial charge in [-0.2, -0.15) is 13.2 Å². The summed E-state index contributed by atoms with van der Waals surface area (Å²) in [5.41, 5.74) is 6.93. The molecule has 3 rings (SSSR count). The first-order valence-electron chi connectivity index (χ1n) is 6.20. The highest BCUT2D eigenvalue weighted by Gasteiger charge is 2.31. The smallest absolute Gasteiger partial charge is 0.325 e. The molecule has 2 N–H and O–H groups in total. The van der Waals surface area contributed by atoms with E-state index in [0.29, 0.717) is 22.7 Å². The second-order valence-corrected chi connectivity index (χ2v) is 4.47. The Hall–Kier alpha value is -2.41. The molecule has 0 radical (unpaired) electrons. The van der Waals surface area contributed by atoms with E-state index in [1.807, 2.05) is 0 Å². The number of nitrogens with zero attached hydrogens (tertiary/aromatic N) is 3. The highest BCUT2D eigenvalue weighted by Crippen LogP contribution is 2.31. The van der Waals surface area contributed by atoms with Gasteiger partial charge in [-0.3, -0.25) is 4.98 Å². The molecule has 0 aliphatic rings. The van der Waals surface area contributed by atoms with Crippen LogP contribution in [-0.4, -0.2) is 14.4 Å². The molecule has 0 unspecified atom stereocenters. The van der Waals surface area contributed by atoms with Crippen LogP contribution in [0.5, 0.6) is 0 Å². The van der Waals surface area contributed by atoms with E-state index < -0.39 is 11.7 Å². The van der Waals surface area contributed by atoms with E-state index in [9.17, 15) is 13.2 Å². The van der Waals surface area contributed by atoms with Gasteiger partial charge in [0.05, 0.1) is 17.0 Å². The van der Waals surface area contributed by atoms with E-state index in [1.54, 1.807) is 24.4 Å². The van der Waals surface area contributed by atoms with Gasteiger partial charge in [0.1, 0.15) is 11.3 Å². The lowest BCUT2D eigenvalue weighted by Gasteiger charge is -2.08. The third-order valence-corrected chi connectivity index (χ3v) is 3.15. The standard InChI is InChI=1S/C14H11F3N4/c15-14(16,17)9-4-5-12-20-13(10-3-1-2-6-19-10)11(7-18)21(12)8-9/h1-6,8H,7,18H2. The molecule has 0 saturated carbocycles. The van der Waals surface area contributed by atoms with E-state index in [1.165, 1.54) is 10.5 Å². The third-order valence-electron chi connectivity index (χ3n) is 3.15. The van der Waals surface area contributed by atoms with E-state index in [4.69, 9.17) is 5.73 Å². The molecule has 7 heteroatoms. The number of halogens is 3. The summed E-state index contributed by atoms with van der Waals surface area (Å²) in [6, 6.07) is 7.61. The first-order valence-corrected chi connectivity index (χ1v) is 6.20. The van der Waals surface area contributed by atoms with E-state index in [0.717, 1.165) is 12.3 Å². The molecule has 0 spiro atoms. The largest absolute Gasteiger partial charge is 0.417 e. The molecule has 3 aromatic heterocycles. The predicted molar refractivity (Wildman–Crippen MR) is 71.3 cm³/mol. The van der Waals surface area contributed by atoms with Crippen LogP contribution in [-0.2, 0) is 12.7 Å². The second-order valence-electron chi connectivity index (χ2n) is 4.47. The molecular weight excluding hydrogens is 281 g/mol. The minimum atomic E-state index is -4.41. The number of hydrogen-bond acceptors (Lipinski definition) is 3. The fraction of sp³-hybridized carbons (Fsp3) is 0.143. The van der Waals surface area contributed by atoms with Crippen LogP contribution >= 0.6 is 0 Å². The van der Waals surface area contributed by atoms with Crippen LogP contribution in [0, 0.1) is 0 Å². The molecule has 0 aliphatic carbocycles. The summed E-state index contributed by atoms with van der Waals surface area (Å²) in [5.74, 6) is 0. The summed E-state index contributed by atoms with van der Waals surface area (Å²) in [7, 11) is 0. The van der Waals surface area contributed by atoms with Gasteiger partial charge in [0.2, 0.25) is 0 Å². The number of fused-ring (bicyclic) bond motifs is 1. The summed E-state index contributed by atoms with van der Waals surface area (Å²) < 4.78 is 39.8. The van der Waals surface area contributed by atoms with Crippen molar-refractivity contribution >= 4 is 5.65 Å². The molecule has 4 nitrogen and oxygen atoms in total. The Morgan fingerprint density at radius 2 is 1.95 bits per heavy atom. The van der Waals surface area contributed by atoms with Gasteiger partial charge in [-0.05, 0) is 24.3 Å². The zero-order chi connectivity index (χ0) is 15.0. The minimum Gasteiger partial charge on any atom is -0.325 e. The van der Waals surface area contributed by atoms with Crippen LogP contribution in [0.4, 0.5) is 13.2 Å². The maximum atomic E-state index is 12.8. The maximum Gasteiger partial charge on any atom is 0.417 e. The normalized spacial score (nSPS) is 12.0. The summed E-state index contributed by atoms with van der Waals surface area (Å²) >= 11 is 0. The van der Waals surface area contributed by atoms with Crippen molar-refractivity contribution in [3.8, 4) is 11.4 Å². The van der Waals surface area contributed by atoms with Crippen molar-refractivity contribution < 1.29 is 13.2 Å². The van der Waals surface area contributed by atoms with Crippen LogP contribution in [0.3, 0.4) is 0 Å². The Morgan fingerprint density at radius 3 is 2.57 bits per heavy atom. The molecule has 0 bridgehead atoms. The quantitative estimate of drug-likeness (QED) is 0.790. The fourth-order valence-electron chi connectivity index (χ4n) is 2.16. The predicted octanol–water partition coefficient (Wildman–Crippen LogP) is 2.87. The Morgan fingerprint density at radius 1 is 1.14 bits per heavy atom. The highest BCUT2D eigenvalue weighted by atomic mass is 19.4. The average Bonchev–Trinajstić information content (AvgIpc) is 2.84. The summed E-state index contributed by atoms with van der Waals surface area (Å²) in [5, 5.41) is 0. The monoisotopic (exact) mass is 292 g/mol. The number of pyridine rings is 2. The van der Waals surface area contributed by atoms with Crippen LogP contribution in [0.1, 0.15) is 11.3 Å². The fourth-order valence-corrected chi connectivity index (χ4v) is 2.16. The Labute approximate surface area is 118 Å². The first-order chi connectivity index (χ1) is 10.0. The van der Waals surface area contributed by atoms with Gasteiger partial charge in [-0.25, -0.2) is 4.98 Å². The topological polar surface area (TPSA) is 56.2 Å². The number of hydrogen-bond donors (Lipinski definition) is 1. The molecule has 0 aliphatic heterocycles. The molecule has 21 heavy (non-hydrogen) atoms. The van der Waals surface area contributed by atoms with Crippen molar-refractivity contribution in [3.05, 3.63) is 54.0 Å². The van der Waals surface area contributed by atoms with Crippen molar-refractivity contribution in [1.82, 2.24) is 14.4 Å². The summed E-state index contributed by atoms with van der Waals surface area (Å²) in [6.45, 7) is 0.0639. The Bertz CT molecular complexity index is 778. The summed E-state index contributed by atoms with van der Waals surface area (Å²) in [4.78, 5) is 8.50. The Kier molecular flexibility index (Phi) is 3.13. The third kappa shape index (κ3) is 2.36.